The van der Waals surface area contributed by atoms with Gasteiger partial charge in [0.1, 0.15) is 16.6 Å². The van der Waals surface area contributed by atoms with Crippen LogP contribution in [0.3, 0.4) is 0 Å². The molecule has 0 unspecified atom stereocenters. The smallest absolute Gasteiger partial charge is 0.369 e. The van der Waals surface area contributed by atoms with Crippen molar-refractivity contribution in [2.75, 3.05) is 0 Å². The van der Waals surface area contributed by atoms with Crippen molar-refractivity contribution in [3.63, 3.8) is 0 Å². The van der Waals surface area contributed by atoms with Crippen molar-refractivity contribution in [1.82, 2.24) is 39.9 Å². The third-order valence-corrected chi connectivity index (χ3v) is 3.53. The minimum Gasteiger partial charge on any atom is -0.471 e. The lowest BCUT2D eigenvalue weighted by atomic mass is 10.3. The number of nitrogens with one attached hydrogen (secondary N) is 1. The molecule has 3 aromatic rings. The van der Waals surface area contributed by atoms with E-state index in [9.17, 15) is 4.79 Å². The molecule has 0 bridgehead atoms. The molecule has 0 amide bonds. The minimum absolute atomic E-state index is 0.0779. The second-order valence-corrected chi connectivity index (χ2v) is 4.94. The molecular weight excluding hydrogens is 391 g/mol. The molecule has 0 saturated carbocycles. The third kappa shape index (κ3) is 2.63. The maximum atomic E-state index is 12.0. The molecule has 0 aliphatic carbocycles. The number of ether oxygens (including phenoxy) is 1. The fourth-order valence-electron chi connectivity index (χ4n) is 1.58. The lowest BCUT2D eigenvalue weighted by Gasteiger charge is -2.08. The summed E-state index contributed by atoms with van der Waals surface area (Å²) in [4.78, 5) is 20.1. The fourth-order valence-corrected chi connectivity index (χ4v) is 2.10. The van der Waals surface area contributed by atoms with E-state index in [1.165, 1.54) is 19.6 Å². The van der Waals surface area contributed by atoms with E-state index >= 15 is 0 Å². The molecule has 3 aromatic heterocycles. The zero-order chi connectivity index (χ0) is 15.7. The number of aromatic nitrogens is 8. The molecule has 0 aliphatic rings. The van der Waals surface area contributed by atoms with E-state index in [1.54, 1.807) is 6.07 Å². The Hall–Kier alpha value is -2.31. The molecule has 1 N–H and O–H groups in total. The van der Waals surface area contributed by atoms with Gasteiger partial charge in [-0.3, -0.25) is 5.09 Å². The van der Waals surface area contributed by atoms with Crippen LogP contribution in [0.25, 0.3) is 5.82 Å². The molecule has 0 spiro atoms. The first-order valence-electron chi connectivity index (χ1n) is 6.17. The van der Waals surface area contributed by atoms with Gasteiger partial charge in [-0.2, -0.15) is 4.68 Å². The minimum atomic E-state index is -0.425. The first-order chi connectivity index (χ1) is 10.6. The third-order valence-electron chi connectivity index (χ3n) is 2.60. The Morgan fingerprint density at radius 3 is 3.00 bits per heavy atom. The molecule has 0 atom stereocenters. The van der Waals surface area contributed by atoms with Crippen LogP contribution in [0.4, 0.5) is 0 Å². The van der Waals surface area contributed by atoms with Gasteiger partial charge in [0.2, 0.25) is 5.88 Å². The normalized spacial score (nSPS) is 11.4. The van der Waals surface area contributed by atoms with Crippen molar-refractivity contribution >= 4 is 22.6 Å². The van der Waals surface area contributed by atoms with E-state index in [4.69, 9.17) is 6.15 Å². The Morgan fingerprint density at radius 2 is 2.33 bits per heavy atom. The lowest BCUT2D eigenvalue weighted by molar-refractivity contribution is 0.291. The number of nitrogens with zero attached hydrogens (tertiary/aromatic N) is 7. The Balaban J connectivity index is 1.96. The van der Waals surface area contributed by atoms with Gasteiger partial charge in [-0.25, -0.2) is 14.8 Å². The summed E-state index contributed by atoms with van der Waals surface area (Å²) in [6.07, 6.45) is 2.77. The summed E-state index contributed by atoms with van der Waals surface area (Å²) in [5.74, 6) is 0.579. The van der Waals surface area contributed by atoms with Crippen molar-refractivity contribution < 1.29 is 6.15 Å². The molecule has 10 nitrogen and oxygen atoms in total. The van der Waals surface area contributed by atoms with Gasteiger partial charge in [0.25, 0.3) is 0 Å². The standard InChI is InChI=1S/C10H9IN8O2/c1-18-10(20)19(17-16-18)9-6(8(11)12-5-13-9)4-21-7-2-3-14-15-7/h2-3,5H,4H2,1H3,(H,14,15)/i/hT. The van der Waals surface area contributed by atoms with Crippen LogP contribution in [0.15, 0.2) is 23.4 Å². The monoisotopic (exact) mass is 402 g/mol. The molecule has 108 valence electrons. The summed E-state index contributed by atoms with van der Waals surface area (Å²) in [7, 11) is 1.50. The number of aryl methyl sites for hydroxylation is 1. The highest BCUT2D eigenvalue weighted by Crippen LogP contribution is 2.17. The summed E-state index contributed by atoms with van der Waals surface area (Å²) in [5.41, 5.74) is 0.149. The van der Waals surface area contributed by atoms with Gasteiger partial charge in [0, 0.05) is 19.3 Å². The maximum absolute atomic E-state index is 12.0. The highest BCUT2D eigenvalue weighted by Gasteiger charge is 2.16. The van der Waals surface area contributed by atoms with Crippen molar-refractivity contribution in [3.05, 3.63) is 38.3 Å². The largest absolute Gasteiger partial charge is 0.471 e. The van der Waals surface area contributed by atoms with Crippen LogP contribution in [0.1, 0.15) is 5.56 Å². The molecular formula is C10H9IN8O2. The highest BCUT2D eigenvalue weighted by atomic mass is 127. The fraction of sp³-hybridized carbons (Fsp3) is 0.200. The van der Waals surface area contributed by atoms with Gasteiger partial charge in [-0.15, -0.1) is 9.78 Å². The number of hydrogen-bond donors (Lipinski definition) is 1. The second-order valence-electron chi connectivity index (χ2n) is 3.92. The zero-order valence-electron chi connectivity index (χ0n) is 11.7. The van der Waals surface area contributed by atoms with Crippen LogP contribution in [-0.2, 0) is 13.7 Å². The first-order valence-corrected chi connectivity index (χ1v) is 6.80. The summed E-state index contributed by atoms with van der Waals surface area (Å²) in [6, 6.07) is 1.55. The van der Waals surface area contributed by atoms with Crippen LogP contribution in [0.2, 0.25) is 1.41 Å². The number of aromatic amines is 1. The van der Waals surface area contributed by atoms with Crippen LogP contribution < -0.4 is 10.4 Å². The lowest BCUT2D eigenvalue weighted by Crippen LogP contribution is -2.24. The van der Waals surface area contributed by atoms with E-state index in [0.717, 1.165) is 14.5 Å². The SMILES string of the molecule is [3H]n1ccc(OCc2c(I)ncnc2-n2nnn(C)c2=O)n1. The molecule has 0 aromatic carbocycles. The topological polar surface area (TPSA) is 116 Å². The van der Waals surface area contributed by atoms with E-state index < -0.39 is 5.69 Å². The van der Waals surface area contributed by atoms with Crippen LogP contribution in [-0.4, -0.2) is 39.9 Å². The van der Waals surface area contributed by atoms with Crippen molar-refractivity contribution in [1.29, 1.82) is 0 Å². The van der Waals surface area contributed by atoms with Gasteiger partial charge >= 0.3 is 5.69 Å². The summed E-state index contributed by atoms with van der Waals surface area (Å²) < 4.78 is 15.6. The molecule has 0 saturated heterocycles. The zero-order valence-corrected chi connectivity index (χ0v) is 12.9. The first kappa shape index (κ1) is 12.4. The second kappa shape index (κ2) is 5.59. The van der Waals surface area contributed by atoms with Crippen LogP contribution in [0.5, 0.6) is 5.88 Å². The van der Waals surface area contributed by atoms with E-state index in [2.05, 4.69) is 25.5 Å². The Morgan fingerprint density at radius 1 is 1.48 bits per heavy atom. The van der Waals surface area contributed by atoms with Gasteiger partial charge < -0.3 is 4.74 Å². The summed E-state index contributed by atoms with van der Waals surface area (Å²) in [6.45, 7) is 0.0779. The molecule has 3 rings (SSSR count). The number of halogens is 1. The predicted octanol–water partition coefficient (Wildman–Crippen LogP) is -0.337. The average molecular weight is 402 g/mol. The van der Waals surface area contributed by atoms with Crippen molar-refractivity contribution in [3.8, 4) is 11.7 Å². The number of rotatable bonds is 4. The molecule has 0 radical (unpaired) electrons. The van der Waals surface area contributed by atoms with E-state index in [-0.39, 0.29) is 12.5 Å². The number of tetrazole rings is 1. The predicted molar refractivity (Wildman–Crippen MR) is 77.8 cm³/mol. The van der Waals surface area contributed by atoms with E-state index in [1.807, 2.05) is 22.6 Å². The van der Waals surface area contributed by atoms with Gasteiger partial charge in [0.05, 0.1) is 5.56 Å². The molecule has 0 aliphatic heterocycles. The Bertz CT molecular complexity index is 872. The summed E-state index contributed by atoms with van der Waals surface area (Å²) in [5, 5.41) is 12.1. The average Bonchev–Trinajstić information content (AvgIpc) is 3.05. The summed E-state index contributed by atoms with van der Waals surface area (Å²) >= 11 is 2.02. The van der Waals surface area contributed by atoms with Gasteiger partial charge in [0.15, 0.2) is 7.23 Å². The highest BCUT2D eigenvalue weighted by molar-refractivity contribution is 14.1. The van der Waals surface area contributed by atoms with Gasteiger partial charge in [-0.05, 0) is 33.0 Å². The molecule has 0 fully saturated rings. The van der Waals surface area contributed by atoms with Crippen molar-refractivity contribution in [2.45, 2.75) is 6.61 Å². The quantitative estimate of drug-likeness (QED) is 0.469. The van der Waals surface area contributed by atoms with Crippen LogP contribution >= 0.6 is 22.6 Å². The molecule has 3 heterocycles. The molecule has 11 heteroatoms. The van der Waals surface area contributed by atoms with Crippen LogP contribution in [0, 0.1) is 3.70 Å². The number of H-pyrrole nitrogens is 1. The Kier molecular flexibility index (Phi) is 3.31. The maximum Gasteiger partial charge on any atom is 0.369 e. The molecule has 21 heavy (non-hydrogen) atoms. The Labute approximate surface area is 132 Å². The van der Waals surface area contributed by atoms with Crippen molar-refractivity contribution in [2.24, 2.45) is 7.05 Å². The van der Waals surface area contributed by atoms with E-state index in [0.29, 0.717) is 15.1 Å². The number of hydrogen-bond acceptors (Lipinski definition) is 7. The van der Waals surface area contributed by atoms with Gasteiger partial charge in [-0.1, -0.05) is 0 Å².